The Balaban J connectivity index is 1.72. The highest BCUT2D eigenvalue weighted by atomic mass is 16.6. The third kappa shape index (κ3) is 4.76. The van der Waals surface area contributed by atoms with Gasteiger partial charge in [-0.2, -0.15) is 0 Å². The lowest BCUT2D eigenvalue weighted by atomic mass is 10.1. The lowest BCUT2D eigenvalue weighted by Gasteiger charge is -2.09. The summed E-state index contributed by atoms with van der Waals surface area (Å²) >= 11 is 0. The maximum atomic E-state index is 12.3. The zero-order chi connectivity index (χ0) is 23.4. The summed E-state index contributed by atoms with van der Waals surface area (Å²) in [6, 6.07) is 11.7. The number of hydrogen-bond acceptors (Lipinski definition) is 8. The van der Waals surface area contributed by atoms with Crippen LogP contribution in [-0.4, -0.2) is 31.9 Å². The van der Waals surface area contributed by atoms with E-state index < -0.39 is 33.2 Å². The summed E-state index contributed by atoms with van der Waals surface area (Å²) in [6.45, 7) is 0. The molecule has 12 nitrogen and oxygen atoms in total. The lowest BCUT2D eigenvalue weighted by Crippen LogP contribution is -2.14. The molecule has 0 saturated carbocycles. The van der Waals surface area contributed by atoms with Gasteiger partial charge in [0.15, 0.2) is 0 Å². The van der Waals surface area contributed by atoms with Gasteiger partial charge in [-0.05, 0) is 36.4 Å². The van der Waals surface area contributed by atoms with Crippen LogP contribution in [0.4, 0.5) is 22.7 Å². The number of benzene rings is 3. The zero-order valence-corrected chi connectivity index (χ0v) is 16.0. The monoisotopic (exact) mass is 438 g/mol. The van der Waals surface area contributed by atoms with Crippen molar-refractivity contribution in [1.82, 2.24) is 0 Å². The molecule has 0 atom stereocenters. The van der Waals surface area contributed by atoms with Crippen LogP contribution < -0.4 is 10.6 Å². The van der Waals surface area contributed by atoms with Crippen LogP contribution in [0.3, 0.4) is 0 Å². The van der Waals surface area contributed by atoms with Gasteiger partial charge in [0.05, 0.1) is 21.0 Å². The molecule has 0 fully saturated rings. The van der Waals surface area contributed by atoms with E-state index in [1.165, 1.54) is 24.3 Å². The molecule has 0 radical (unpaired) electrons. The normalized spacial score (nSPS) is 10.2. The Labute approximate surface area is 179 Å². The van der Waals surface area contributed by atoms with Gasteiger partial charge in [0.25, 0.3) is 23.2 Å². The number of carbonyl (C=O) groups is 2. The first-order valence-electron chi connectivity index (χ1n) is 8.83. The van der Waals surface area contributed by atoms with Gasteiger partial charge < -0.3 is 20.8 Å². The number of nitro benzene ring substituents is 2. The number of phenols is 2. The van der Waals surface area contributed by atoms with Crippen LogP contribution in [0.5, 0.6) is 11.5 Å². The minimum Gasteiger partial charge on any atom is -0.507 e. The highest BCUT2D eigenvalue weighted by Crippen LogP contribution is 2.26. The number of non-ortho nitro benzene ring substituents is 2. The van der Waals surface area contributed by atoms with E-state index in [9.17, 15) is 40.0 Å². The molecule has 3 aromatic rings. The van der Waals surface area contributed by atoms with Gasteiger partial charge in [0.1, 0.15) is 11.5 Å². The summed E-state index contributed by atoms with van der Waals surface area (Å²) in [4.78, 5) is 45.0. The Bertz CT molecular complexity index is 1140. The molecule has 3 rings (SSSR count). The molecule has 0 spiro atoms. The quantitative estimate of drug-likeness (QED) is 0.333. The molecule has 2 amide bonds. The molecule has 0 aliphatic heterocycles. The summed E-state index contributed by atoms with van der Waals surface area (Å²) < 4.78 is 0. The molecule has 0 heterocycles. The summed E-state index contributed by atoms with van der Waals surface area (Å²) in [6.07, 6.45) is 0. The molecule has 0 bridgehead atoms. The van der Waals surface area contributed by atoms with Crippen molar-refractivity contribution in [2.75, 3.05) is 10.6 Å². The van der Waals surface area contributed by atoms with Crippen LogP contribution in [-0.2, 0) is 0 Å². The summed E-state index contributed by atoms with van der Waals surface area (Å²) in [7, 11) is 0. The van der Waals surface area contributed by atoms with Crippen molar-refractivity contribution in [1.29, 1.82) is 0 Å². The fraction of sp³-hybridized carbons (Fsp3) is 0. The number of hydrogen-bond donors (Lipinski definition) is 4. The standard InChI is InChI=1S/C20H14N4O8/c25-17-7-5-13(23(29)30)9-15(17)19(27)21-11-1-2-12(4-3-11)22-20(28)16-10-14(24(31)32)6-8-18(16)26/h1-10,25-26H,(H,21,27)(H,22,28). The van der Waals surface area contributed by atoms with Crippen molar-refractivity contribution in [3.8, 4) is 11.5 Å². The SMILES string of the molecule is O=C(Nc1ccc(NC(=O)c2cc([N+](=O)[O-])ccc2O)cc1)c1cc([N+](=O)[O-])ccc1O. The number of aromatic hydroxyl groups is 2. The first-order chi connectivity index (χ1) is 15.2. The van der Waals surface area contributed by atoms with Crippen molar-refractivity contribution >= 4 is 34.6 Å². The van der Waals surface area contributed by atoms with Gasteiger partial charge in [0.2, 0.25) is 0 Å². The second-order valence-electron chi connectivity index (χ2n) is 6.40. The van der Waals surface area contributed by atoms with Gasteiger partial charge in [0, 0.05) is 35.6 Å². The minimum absolute atomic E-state index is 0.261. The topological polar surface area (TPSA) is 185 Å². The Kier molecular flexibility index (Phi) is 5.96. The Morgan fingerprint density at radius 1 is 0.656 bits per heavy atom. The number of nitrogens with one attached hydrogen (secondary N) is 2. The van der Waals surface area contributed by atoms with E-state index in [-0.39, 0.29) is 33.9 Å². The number of nitro groups is 2. The number of anilines is 2. The van der Waals surface area contributed by atoms with Crippen molar-refractivity contribution < 1.29 is 29.6 Å². The van der Waals surface area contributed by atoms with Gasteiger partial charge in [-0.1, -0.05) is 0 Å². The smallest absolute Gasteiger partial charge is 0.270 e. The molecule has 0 saturated heterocycles. The van der Waals surface area contributed by atoms with E-state index in [0.29, 0.717) is 0 Å². The molecule has 0 aromatic heterocycles. The highest BCUT2D eigenvalue weighted by Gasteiger charge is 2.18. The van der Waals surface area contributed by atoms with E-state index in [0.717, 1.165) is 36.4 Å². The van der Waals surface area contributed by atoms with E-state index >= 15 is 0 Å². The van der Waals surface area contributed by atoms with Crippen LogP contribution >= 0.6 is 0 Å². The summed E-state index contributed by atoms with van der Waals surface area (Å²) in [5.74, 6) is -2.45. The maximum absolute atomic E-state index is 12.3. The highest BCUT2D eigenvalue weighted by molar-refractivity contribution is 6.08. The average molecular weight is 438 g/mol. The van der Waals surface area contributed by atoms with E-state index in [4.69, 9.17) is 0 Å². The molecule has 32 heavy (non-hydrogen) atoms. The summed E-state index contributed by atoms with van der Waals surface area (Å²) in [5.41, 5.74) is -0.796. The largest absolute Gasteiger partial charge is 0.507 e. The van der Waals surface area contributed by atoms with Crippen LogP contribution in [0.1, 0.15) is 20.7 Å². The molecule has 12 heteroatoms. The fourth-order valence-electron chi connectivity index (χ4n) is 2.67. The van der Waals surface area contributed by atoms with Gasteiger partial charge in [-0.25, -0.2) is 0 Å². The van der Waals surface area contributed by atoms with Crippen molar-refractivity contribution in [3.05, 3.63) is 92.0 Å². The second-order valence-corrected chi connectivity index (χ2v) is 6.40. The maximum Gasteiger partial charge on any atom is 0.270 e. The molecular formula is C20H14N4O8. The Morgan fingerprint density at radius 3 is 1.31 bits per heavy atom. The Hall–Kier alpha value is -5.00. The molecular weight excluding hydrogens is 424 g/mol. The second kappa shape index (κ2) is 8.79. The number of nitrogens with zero attached hydrogens (tertiary/aromatic N) is 2. The third-order valence-corrected chi connectivity index (χ3v) is 4.27. The predicted octanol–water partition coefficient (Wildman–Crippen LogP) is 3.42. The molecule has 162 valence electrons. The molecule has 0 aliphatic rings. The molecule has 3 aromatic carbocycles. The number of phenolic OH excluding ortho intramolecular Hbond substituents is 2. The molecule has 4 N–H and O–H groups in total. The van der Waals surface area contributed by atoms with Crippen molar-refractivity contribution in [3.63, 3.8) is 0 Å². The number of rotatable bonds is 6. The predicted molar refractivity (Wildman–Crippen MR) is 112 cm³/mol. The molecule has 0 unspecified atom stereocenters. The van der Waals surface area contributed by atoms with Gasteiger partial charge >= 0.3 is 0 Å². The van der Waals surface area contributed by atoms with Gasteiger partial charge in [-0.3, -0.25) is 29.8 Å². The zero-order valence-electron chi connectivity index (χ0n) is 16.0. The molecule has 0 aliphatic carbocycles. The number of amides is 2. The van der Waals surface area contributed by atoms with Crippen LogP contribution in [0.25, 0.3) is 0 Å². The first kappa shape index (κ1) is 21.7. The van der Waals surface area contributed by atoms with E-state index in [1.54, 1.807) is 0 Å². The van der Waals surface area contributed by atoms with Crippen LogP contribution in [0.15, 0.2) is 60.7 Å². The minimum atomic E-state index is -0.787. The third-order valence-electron chi connectivity index (χ3n) is 4.27. The first-order valence-corrected chi connectivity index (χ1v) is 8.83. The Morgan fingerprint density at radius 2 is 1.00 bits per heavy atom. The van der Waals surface area contributed by atoms with Crippen LogP contribution in [0, 0.1) is 20.2 Å². The fourth-order valence-corrected chi connectivity index (χ4v) is 2.67. The summed E-state index contributed by atoms with van der Waals surface area (Å²) in [5, 5.41) is 46.2. The average Bonchev–Trinajstić information content (AvgIpc) is 2.75. The van der Waals surface area contributed by atoms with Crippen LogP contribution in [0.2, 0.25) is 0 Å². The van der Waals surface area contributed by atoms with Crippen molar-refractivity contribution in [2.45, 2.75) is 0 Å². The lowest BCUT2D eigenvalue weighted by molar-refractivity contribution is -0.385. The van der Waals surface area contributed by atoms with Crippen molar-refractivity contribution in [2.24, 2.45) is 0 Å². The van der Waals surface area contributed by atoms with E-state index in [1.807, 2.05) is 0 Å². The van der Waals surface area contributed by atoms with E-state index in [2.05, 4.69) is 10.6 Å². The van der Waals surface area contributed by atoms with Gasteiger partial charge in [-0.15, -0.1) is 0 Å². The number of carbonyl (C=O) groups excluding carboxylic acids is 2.